The number of hydrogen-bond donors (Lipinski definition) is 0. The van der Waals surface area contributed by atoms with Crippen molar-refractivity contribution in [1.29, 1.82) is 0 Å². The third-order valence-corrected chi connectivity index (χ3v) is 2.11. The predicted octanol–water partition coefficient (Wildman–Crippen LogP) is 1.94. The minimum absolute atomic E-state index is 0.235. The van der Waals surface area contributed by atoms with Crippen LogP contribution in [0.3, 0.4) is 0 Å². The van der Waals surface area contributed by atoms with Gasteiger partial charge in [0.05, 0.1) is 0 Å². The largest absolute Gasteiger partial charge is 0.457 e. The number of carbonyl (C=O) groups excluding carboxylic acids is 1. The van der Waals surface area contributed by atoms with Crippen molar-refractivity contribution in [3.63, 3.8) is 0 Å². The third-order valence-electron chi connectivity index (χ3n) is 2.11. The van der Waals surface area contributed by atoms with Crippen LogP contribution in [0.25, 0.3) is 0 Å². The van der Waals surface area contributed by atoms with Crippen molar-refractivity contribution in [2.75, 3.05) is 13.6 Å². The van der Waals surface area contributed by atoms with Crippen molar-refractivity contribution >= 4 is 5.97 Å². The van der Waals surface area contributed by atoms with Crippen LogP contribution in [0, 0.1) is 0 Å². The number of ether oxygens (including phenoxy) is 1. The number of allylic oxidation sites excluding steroid dienone is 1. The highest BCUT2D eigenvalue weighted by molar-refractivity contribution is 5.83. The maximum atomic E-state index is 11.4. The van der Waals surface area contributed by atoms with Gasteiger partial charge in [-0.25, -0.2) is 4.79 Å². The molecular formula is C11H19NO2. The van der Waals surface area contributed by atoms with E-state index in [1.54, 1.807) is 6.08 Å². The quantitative estimate of drug-likeness (QED) is 0.475. The minimum Gasteiger partial charge on any atom is -0.457 e. The van der Waals surface area contributed by atoms with Gasteiger partial charge in [0.1, 0.15) is 5.60 Å². The molecule has 3 nitrogen and oxygen atoms in total. The summed E-state index contributed by atoms with van der Waals surface area (Å²) in [5, 5.41) is 0. The van der Waals surface area contributed by atoms with Crippen LogP contribution in [0.2, 0.25) is 0 Å². The van der Waals surface area contributed by atoms with Gasteiger partial charge in [0, 0.05) is 25.4 Å². The van der Waals surface area contributed by atoms with Crippen LogP contribution in [-0.4, -0.2) is 30.1 Å². The first kappa shape index (κ1) is 11.1. The maximum absolute atomic E-state index is 11.4. The second-order valence-corrected chi connectivity index (χ2v) is 4.69. The molecule has 0 N–H and O–H groups in total. The van der Waals surface area contributed by atoms with Crippen LogP contribution in [0.4, 0.5) is 0 Å². The first-order valence-electron chi connectivity index (χ1n) is 5.03. The number of esters is 1. The number of carbonyl (C=O) groups is 1. The van der Waals surface area contributed by atoms with Crippen molar-refractivity contribution < 1.29 is 9.53 Å². The van der Waals surface area contributed by atoms with Gasteiger partial charge in [0.15, 0.2) is 0 Å². The molecule has 1 rings (SSSR count). The molecule has 0 aromatic heterocycles. The SMILES string of the molecule is CN1CCC/C1=C\C(=O)OC(C)(C)C. The van der Waals surface area contributed by atoms with E-state index in [0.29, 0.717) is 0 Å². The van der Waals surface area contributed by atoms with Gasteiger partial charge >= 0.3 is 5.97 Å². The van der Waals surface area contributed by atoms with Crippen molar-refractivity contribution in [3.05, 3.63) is 11.8 Å². The Kier molecular flexibility index (Phi) is 3.19. The summed E-state index contributed by atoms with van der Waals surface area (Å²) in [6, 6.07) is 0. The average molecular weight is 197 g/mol. The second-order valence-electron chi connectivity index (χ2n) is 4.69. The van der Waals surface area contributed by atoms with Gasteiger partial charge in [-0.2, -0.15) is 0 Å². The molecule has 0 spiro atoms. The molecule has 1 aliphatic heterocycles. The Balaban J connectivity index is 2.55. The van der Waals surface area contributed by atoms with Gasteiger partial charge in [-0.05, 0) is 33.6 Å². The summed E-state index contributed by atoms with van der Waals surface area (Å²) in [5.74, 6) is -0.235. The van der Waals surface area contributed by atoms with Gasteiger partial charge < -0.3 is 9.64 Å². The van der Waals surface area contributed by atoms with E-state index in [1.165, 1.54) is 0 Å². The van der Waals surface area contributed by atoms with E-state index in [0.717, 1.165) is 25.1 Å². The highest BCUT2D eigenvalue weighted by Crippen LogP contribution is 2.19. The summed E-state index contributed by atoms with van der Waals surface area (Å²) >= 11 is 0. The number of hydrogen-bond acceptors (Lipinski definition) is 3. The highest BCUT2D eigenvalue weighted by Gasteiger charge is 2.18. The Labute approximate surface area is 85.7 Å². The van der Waals surface area contributed by atoms with Crippen LogP contribution in [-0.2, 0) is 9.53 Å². The van der Waals surface area contributed by atoms with Crippen molar-refractivity contribution in [3.8, 4) is 0 Å². The molecule has 0 bridgehead atoms. The summed E-state index contributed by atoms with van der Waals surface area (Å²) in [5.41, 5.74) is 0.685. The van der Waals surface area contributed by atoms with E-state index < -0.39 is 5.60 Å². The molecular weight excluding hydrogens is 178 g/mol. The third kappa shape index (κ3) is 3.40. The van der Waals surface area contributed by atoms with Gasteiger partial charge in [-0.15, -0.1) is 0 Å². The average Bonchev–Trinajstić information content (AvgIpc) is 2.32. The fourth-order valence-corrected chi connectivity index (χ4v) is 1.48. The molecule has 0 amide bonds. The first-order valence-corrected chi connectivity index (χ1v) is 5.03. The molecule has 1 heterocycles. The summed E-state index contributed by atoms with van der Waals surface area (Å²) in [4.78, 5) is 13.5. The fraction of sp³-hybridized carbons (Fsp3) is 0.727. The highest BCUT2D eigenvalue weighted by atomic mass is 16.6. The van der Waals surface area contributed by atoms with Gasteiger partial charge in [0.2, 0.25) is 0 Å². The summed E-state index contributed by atoms with van der Waals surface area (Å²) in [6.45, 7) is 6.67. The number of likely N-dealkylation sites (tertiary alicyclic amines) is 1. The normalized spacial score (nSPS) is 20.3. The molecule has 0 radical (unpaired) electrons. The van der Waals surface area contributed by atoms with Gasteiger partial charge in [-0.1, -0.05) is 0 Å². The zero-order valence-corrected chi connectivity index (χ0v) is 9.46. The smallest absolute Gasteiger partial charge is 0.333 e. The second kappa shape index (κ2) is 4.03. The summed E-state index contributed by atoms with van der Waals surface area (Å²) < 4.78 is 5.21. The lowest BCUT2D eigenvalue weighted by Crippen LogP contribution is -2.23. The van der Waals surface area contributed by atoms with Crippen molar-refractivity contribution in [2.24, 2.45) is 0 Å². The lowest BCUT2D eigenvalue weighted by Gasteiger charge is -2.19. The monoisotopic (exact) mass is 197 g/mol. The minimum atomic E-state index is -0.398. The van der Waals surface area contributed by atoms with E-state index >= 15 is 0 Å². The Morgan fingerprint density at radius 1 is 1.50 bits per heavy atom. The Morgan fingerprint density at radius 3 is 2.57 bits per heavy atom. The Morgan fingerprint density at radius 2 is 2.14 bits per heavy atom. The van der Waals surface area contributed by atoms with Crippen molar-refractivity contribution in [1.82, 2.24) is 4.90 Å². The molecule has 1 saturated heterocycles. The zero-order chi connectivity index (χ0) is 10.8. The molecule has 3 heteroatoms. The predicted molar refractivity (Wildman–Crippen MR) is 55.8 cm³/mol. The lowest BCUT2D eigenvalue weighted by molar-refractivity contribution is -0.148. The standard InChI is InChI=1S/C11H19NO2/c1-11(2,3)14-10(13)8-9-6-5-7-12(9)4/h8H,5-7H2,1-4H3/b9-8+. The molecule has 0 saturated carbocycles. The molecule has 0 unspecified atom stereocenters. The number of nitrogens with zero attached hydrogens (tertiary/aromatic N) is 1. The van der Waals surface area contributed by atoms with Gasteiger partial charge in [-0.3, -0.25) is 0 Å². The molecule has 0 aromatic carbocycles. The Bertz CT molecular complexity index is 251. The molecule has 0 aliphatic carbocycles. The first-order chi connectivity index (χ1) is 6.38. The fourth-order valence-electron chi connectivity index (χ4n) is 1.48. The van der Waals surface area contributed by atoms with Crippen LogP contribution < -0.4 is 0 Å². The summed E-state index contributed by atoms with van der Waals surface area (Å²) in [7, 11) is 2.00. The van der Waals surface area contributed by atoms with Gasteiger partial charge in [0.25, 0.3) is 0 Å². The van der Waals surface area contributed by atoms with E-state index in [9.17, 15) is 4.79 Å². The summed E-state index contributed by atoms with van der Waals surface area (Å²) in [6.07, 6.45) is 3.72. The van der Waals surface area contributed by atoms with E-state index in [-0.39, 0.29) is 5.97 Å². The number of rotatable bonds is 1. The van der Waals surface area contributed by atoms with Crippen LogP contribution in [0.1, 0.15) is 33.6 Å². The maximum Gasteiger partial charge on any atom is 0.333 e. The molecule has 80 valence electrons. The molecule has 0 aromatic rings. The molecule has 1 fully saturated rings. The zero-order valence-electron chi connectivity index (χ0n) is 9.46. The van der Waals surface area contributed by atoms with Crippen molar-refractivity contribution in [2.45, 2.75) is 39.2 Å². The van der Waals surface area contributed by atoms with Crippen LogP contribution >= 0.6 is 0 Å². The Hall–Kier alpha value is -0.990. The molecule has 1 aliphatic rings. The molecule has 14 heavy (non-hydrogen) atoms. The van der Waals surface area contributed by atoms with Crippen LogP contribution in [0.5, 0.6) is 0 Å². The topological polar surface area (TPSA) is 29.5 Å². The van der Waals surface area contributed by atoms with E-state index in [4.69, 9.17) is 4.74 Å². The molecule has 0 atom stereocenters. The van der Waals surface area contributed by atoms with E-state index in [2.05, 4.69) is 4.90 Å². The van der Waals surface area contributed by atoms with Crippen LogP contribution in [0.15, 0.2) is 11.8 Å². The van der Waals surface area contributed by atoms with E-state index in [1.807, 2.05) is 27.8 Å². The lowest BCUT2D eigenvalue weighted by atomic mass is 10.2.